The number of rotatable bonds is 9. The fraction of sp³-hybridized carbons (Fsp3) is 0.241. The third-order valence-corrected chi connectivity index (χ3v) is 7.05. The Labute approximate surface area is 231 Å². The maximum Gasteiger partial charge on any atom is 0.270 e. The van der Waals surface area contributed by atoms with Gasteiger partial charge >= 0.3 is 0 Å². The van der Waals surface area contributed by atoms with Crippen LogP contribution < -0.4 is 35.2 Å². The molecule has 1 aromatic heterocycles. The molecule has 0 atom stereocenters. The predicted molar refractivity (Wildman–Crippen MR) is 157 cm³/mol. The fourth-order valence-electron chi connectivity index (χ4n) is 3.77. The Morgan fingerprint density at radius 1 is 1.15 bits per heavy atom. The van der Waals surface area contributed by atoms with Gasteiger partial charge in [0.25, 0.3) is 11.5 Å². The molecule has 0 saturated carbocycles. The molecule has 0 aliphatic carbocycles. The van der Waals surface area contributed by atoms with Gasteiger partial charge < -0.3 is 20.4 Å². The van der Waals surface area contributed by atoms with Gasteiger partial charge in [0.05, 0.1) is 13.1 Å². The second-order valence-electron chi connectivity index (χ2n) is 8.68. The number of carbonyl (C=O) groups is 2. The molecule has 2 N–H and O–H groups in total. The Hall–Kier alpha value is -4.80. The minimum atomic E-state index is -0.633. The van der Waals surface area contributed by atoms with E-state index >= 15 is 0 Å². The molecule has 3 aromatic rings. The summed E-state index contributed by atoms with van der Waals surface area (Å²) in [5.41, 5.74) is 2.91. The van der Waals surface area contributed by atoms with Crippen LogP contribution in [-0.4, -0.2) is 43.6 Å². The van der Waals surface area contributed by atoms with Crippen LogP contribution in [-0.2, 0) is 16.1 Å². The molecule has 0 radical (unpaired) electrons. The lowest BCUT2D eigenvalue weighted by molar-refractivity contribution is -0.117. The number of amides is 2. The molecule has 0 aliphatic rings. The van der Waals surface area contributed by atoms with E-state index in [-0.39, 0.29) is 41.3 Å². The smallest absolute Gasteiger partial charge is 0.270 e. The number of terminal acetylenes is 1. The van der Waals surface area contributed by atoms with E-state index in [9.17, 15) is 19.6 Å². The van der Waals surface area contributed by atoms with E-state index in [0.717, 1.165) is 22.6 Å². The van der Waals surface area contributed by atoms with E-state index in [0.29, 0.717) is 15.9 Å². The number of aromatic nitrogens is 1. The van der Waals surface area contributed by atoms with Crippen LogP contribution >= 0.6 is 11.3 Å². The van der Waals surface area contributed by atoms with Gasteiger partial charge in [-0.25, -0.2) is 0 Å². The van der Waals surface area contributed by atoms with Crippen molar-refractivity contribution in [2.75, 3.05) is 42.3 Å². The number of aryl methyl sites for hydroxylation is 1. The van der Waals surface area contributed by atoms with E-state index in [2.05, 4.69) is 16.6 Å². The molecule has 0 saturated heterocycles. The monoisotopic (exact) mass is 542 g/mol. The second kappa shape index (κ2) is 13.1. The molecular formula is C29H30N6O3S. The maximum atomic E-state index is 13.0. The van der Waals surface area contributed by atoms with Crippen molar-refractivity contribution in [3.63, 3.8) is 0 Å². The van der Waals surface area contributed by atoms with E-state index in [1.807, 2.05) is 61.3 Å². The molecule has 0 spiro atoms. The van der Waals surface area contributed by atoms with Crippen LogP contribution in [0.4, 0.5) is 17.1 Å². The summed E-state index contributed by atoms with van der Waals surface area (Å²) < 4.78 is 1.95. The largest absolute Gasteiger partial charge is 0.365 e. The van der Waals surface area contributed by atoms with Crippen LogP contribution in [0, 0.1) is 30.6 Å². The number of hydrogen-bond acceptors (Lipinski definition) is 7. The highest BCUT2D eigenvalue weighted by Crippen LogP contribution is 2.20. The van der Waals surface area contributed by atoms with Gasteiger partial charge in [-0.05, 0) is 49.7 Å². The Morgan fingerprint density at radius 3 is 2.54 bits per heavy atom. The van der Waals surface area contributed by atoms with Crippen molar-refractivity contribution in [2.24, 2.45) is 0 Å². The molecule has 0 aliphatic heterocycles. The molecule has 0 fully saturated rings. The lowest BCUT2D eigenvalue weighted by Crippen LogP contribution is -2.36. The van der Waals surface area contributed by atoms with Crippen LogP contribution in [0.1, 0.15) is 12.5 Å². The topological polar surface area (TPSA) is 110 Å². The number of anilines is 3. The van der Waals surface area contributed by atoms with E-state index < -0.39 is 5.91 Å². The zero-order chi connectivity index (χ0) is 28.5. The standard InChI is InChI=1S/C29H30N6O3S/c1-6-14-31-27(37)24(17-30)29-35(7-2)28(38)25(39-29)18-32-21-11-9-13-23(16-21)34(5)26(36)19-33(4)22-12-8-10-20(3)15-22/h1,8-13,15-16,18,32H,7,14,19H2,2-5H3,(H,31,37). The molecule has 10 heteroatoms. The summed E-state index contributed by atoms with van der Waals surface area (Å²) in [4.78, 5) is 41.8. The van der Waals surface area contributed by atoms with Crippen LogP contribution in [0.25, 0.3) is 11.8 Å². The molecule has 200 valence electrons. The first kappa shape index (κ1) is 28.8. The Bertz CT molecular complexity index is 1640. The second-order valence-corrected chi connectivity index (χ2v) is 9.71. The number of carbonyl (C=O) groups excluding carboxylic acids is 2. The number of thiazole rings is 1. The minimum absolute atomic E-state index is 0.0260. The van der Waals surface area contributed by atoms with Crippen molar-refractivity contribution in [1.82, 2.24) is 9.88 Å². The quantitative estimate of drug-likeness (QED) is 0.398. The Balaban J connectivity index is 1.84. The molecule has 9 nitrogen and oxygen atoms in total. The summed E-state index contributed by atoms with van der Waals surface area (Å²) >= 11 is 1.04. The lowest BCUT2D eigenvalue weighted by Gasteiger charge is -2.24. The van der Waals surface area contributed by atoms with Crippen LogP contribution in [0.2, 0.25) is 0 Å². The Kier molecular flexibility index (Phi) is 9.69. The molecule has 0 bridgehead atoms. The van der Waals surface area contributed by atoms with Gasteiger partial charge in [0.1, 0.15) is 15.3 Å². The van der Waals surface area contributed by atoms with Crippen molar-refractivity contribution in [2.45, 2.75) is 20.4 Å². The van der Waals surface area contributed by atoms with Crippen molar-refractivity contribution in [3.05, 3.63) is 73.6 Å². The summed E-state index contributed by atoms with van der Waals surface area (Å²) in [5.74, 6) is 1.57. The first-order chi connectivity index (χ1) is 18.7. The number of nitrogens with one attached hydrogen (secondary N) is 2. The number of benzene rings is 2. The van der Waals surface area contributed by atoms with Gasteiger partial charge in [-0.1, -0.05) is 24.1 Å². The Morgan fingerprint density at radius 2 is 1.87 bits per heavy atom. The van der Waals surface area contributed by atoms with E-state index in [1.54, 1.807) is 31.0 Å². The zero-order valence-electron chi connectivity index (χ0n) is 22.3. The van der Waals surface area contributed by atoms with Crippen LogP contribution in [0.3, 0.4) is 0 Å². The highest BCUT2D eigenvalue weighted by molar-refractivity contribution is 7.07. The average Bonchev–Trinajstić information content (AvgIpc) is 3.25. The highest BCUT2D eigenvalue weighted by Gasteiger charge is 2.16. The average molecular weight is 543 g/mol. The van der Waals surface area contributed by atoms with Crippen LogP contribution in [0.5, 0.6) is 0 Å². The minimum Gasteiger partial charge on any atom is -0.365 e. The number of likely N-dealkylation sites (N-methyl/N-ethyl adjacent to an activating group) is 2. The maximum absolute atomic E-state index is 13.0. The normalized spacial score (nSPS) is 11.7. The van der Waals surface area contributed by atoms with Gasteiger partial charge in [-0.15, -0.1) is 17.8 Å². The summed E-state index contributed by atoms with van der Waals surface area (Å²) in [6.45, 7) is 4.22. The highest BCUT2D eigenvalue weighted by atomic mass is 32.1. The third kappa shape index (κ3) is 6.95. The molecule has 2 aromatic carbocycles. The van der Waals surface area contributed by atoms with Crippen molar-refractivity contribution in [1.29, 1.82) is 5.26 Å². The first-order valence-corrected chi connectivity index (χ1v) is 13.0. The lowest BCUT2D eigenvalue weighted by atomic mass is 10.2. The summed E-state index contributed by atoms with van der Waals surface area (Å²) in [7, 11) is 3.59. The zero-order valence-corrected chi connectivity index (χ0v) is 23.1. The van der Waals surface area contributed by atoms with E-state index in [4.69, 9.17) is 6.42 Å². The summed E-state index contributed by atoms with van der Waals surface area (Å²) in [6.07, 6.45) is 6.72. The first-order valence-electron chi connectivity index (χ1n) is 12.2. The number of nitrogens with zero attached hydrogens (tertiary/aromatic N) is 4. The predicted octanol–water partition coefficient (Wildman–Crippen LogP) is 1.61. The molecule has 3 rings (SSSR count). The molecular weight excluding hydrogens is 512 g/mol. The molecule has 39 heavy (non-hydrogen) atoms. The molecule has 2 amide bonds. The van der Waals surface area contributed by atoms with Crippen molar-refractivity contribution in [3.8, 4) is 18.4 Å². The fourth-order valence-corrected chi connectivity index (χ4v) is 4.86. The summed E-state index contributed by atoms with van der Waals surface area (Å²) in [6, 6.07) is 17.1. The van der Waals surface area contributed by atoms with Gasteiger partial charge in [0.2, 0.25) is 5.91 Å². The molecule has 0 unspecified atom stereocenters. The van der Waals surface area contributed by atoms with Crippen molar-refractivity contribution < 1.29 is 9.59 Å². The number of hydrogen-bond donors (Lipinski definition) is 2. The van der Waals surface area contributed by atoms with Gasteiger partial charge in [0, 0.05) is 43.9 Å². The van der Waals surface area contributed by atoms with Crippen molar-refractivity contribution >= 4 is 52.0 Å². The van der Waals surface area contributed by atoms with Gasteiger partial charge in [-0.3, -0.25) is 19.0 Å². The van der Waals surface area contributed by atoms with Gasteiger partial charge in [0.15, 0.2) is 5.57 Å². The van der Waals surface area contributed by atoms with Crippen LogP contribution in [0.15, 0.2) is 53.3 Å². The molecule has 1 heterocycles. The third-order valence-electron chi connectivity index (χ3n) is 5.92. The summed E-state index contributed by atoms with van der Waals surface area (Å²) in [5, 5.41) is 15.1. The SMILES string of the molecule is C#CCNC(=O)C(C#N)=c1sc(=CNc2cccc(N(C)C(=O)CN(C)c3cccc(C)c3)c2)c(=O)n1CC. The van der Waals surface area contributed by atoms with Gasteiger partial charge in [-0.2, -0.15) is 5.26 Å². The number of nitriles is 1. The van der Waals surface area contributed by atoms with E-state index in [1.165, 1.54) is 10.8 Å².